The fraction of sp³-hybridized carbons (Fsp3) is 0.100. The highest BCUT2D eigenvalue weighted by Gasteiger charge is 2.09. The van der Waals surface area contributed by atoms with Crippen LogP contribution in [0.15, 0.2) is 23.8 Å². The third-order valence-corrected chi connectivity index (χ3v) is 2.96. The molecule has 2 aromatic heterocycles. The molecule has 0 unspecified atom stereocenters. The number of amides is 1. The van der Waals surface area contributed by atoms with Crippen LogP contribution in [0.2, 0.25) is 0 Å². The van der Waals surface area contributed by atoms with Gasteiger partial charge in [0.25, 0.3) is 5.91 Å². The van der Waals surface area contributed by atoms with Gasteiger partial charge in [-0.05, 0) is 6.07 Å². The zero-order valence-corrected chi connectivity index (χ0v) is 10.1. The van der Waals surface area contributed by atoms with E-state index in [9.17, 15) is 9.18 Å². The highest BCUT2D eigenvalue weighted by Crippen LogP contribution is 2.17. The van der Waals surface area contributed by atoms with E-state index in [1.165, 1.54) is 17.5 Å². The molecule has 2 rings (SSSR count). The third-order valence-electron chi connectivity index (χ3n) is 1.88. The van der Waals surface area contributed by atoms with E-state index in [0.717, 1.165) is 12.3 Å². The van der Waals surface area contributed by atoms with E-state index in [-0.39, 0.29) is 11.4 Å². The summed E-state index contributed by atoms with van der Waals surface area (Å²) in [6.45, 7) is 0. The predicted octanol–water partition coefficient (Wildman–Crippen LogP) is 2.67. The second-order valence-electron chi connectivity index (χ2n) is 3.12. The van der Waals surface area contributed by atoms with Crippen LogP contribution in [-0.2, 0) is 5.88 Å². The van der Waals surface area contributed by atoms with Gasteiger partial charge in [-0.15, -0.1) is 22.9 Å². The van der Waals surface area contributed by atoms with Crippen molar-refractivity contribution >= 4 is 34.0 Å². The molecule has 0 fully saturated rings. The van der Waals surface area contributed by atoms with Gasteiger partial charge in [-0.25, -0.2) is 9.37 Å². The molecule has 0 radical (unpaired) electrons. The Hall–Kier alpha value is -1.53. The summed E-state index contributed by atoms with van der Waals surface area (Å²) in [6.07, 6.45) is 2.32. The summed E-state index contributed by atoms with van der Waals surface area (Å²) in [5, 5.41) is 4.71. The Morgan fingerprint density at radius 3 is 3.00 bits per heavy atom. The van der Waals surface area contributed by atoms with Gasteiger partial charge < -0.3 is 0 Å². The third kappa shape index (κ3) is 2.98. The van der Waals surface area contributed by atoms with Gasteiger partial charge in [0.15, 0.2) is 5.13 Å². The molecule has 0 aliphatic carbocycles. The number of thiazole rings is 1. The lowest BCUT2D eigenvalue weighted by Gasteiger charge is -2.00. The van der Waals surface area contributed by atoms with Crippen molar-refractivity contribution in [3.8, 4) is 0 Å². The second kappa shape index (κ2) is 5.20. The number of carbonyl (C=O) groups is 1. The van der Waals surface area contributed by atoms with Crippen LogP contribution in [0.3, 0.4) is 0 Å². The smallest absolute Gasteiger partial charge is 0.259 e. The van der Waals surface area contributed by atoms with Crippen LogP contribution in [0.25, 0.3) is 0 Å². The number of hydrogen-bond donors (Lipinski definition) is 1. The van der Waals surface area contributed by atoms with Crippen molar-refractivity contribution in [2.45, 2.75) is 5.88 Å². The van der Waals surface area contributed by atoms with Crippen LogP contribution in [0.1, 0.15) is 16.1 Å². The van der Waals surface area contributed by atoms with Crippen molar-refractivity contribution in [2.75, 3.05) is 5.32 Å². The fourth-order valence-corrected chi connectivity index (χ4v) is 2.06. The Morgan fingerprint density at radius 2 is 2.35 bits per heavy atom. The predicted molar refractivity (Wildman–Crippen MR) is 63.8 cm³/mol. The molecule has 2 aromatic rings. The van der Waals surface area contributed by atoms with Gasteiger partial charge >= 0.3 is 0 Å². The van der Waals surface area contributed by atoms with Gasteiger partial charge in [-0.3, -0.25) is 15.1 Å². The van der Waals surface area contributed by atoms with E-state index in [1.807, 2.05) is 0 Å². The minimum absolute atomic E-state index is 0.146. The first kappa shape index (κ1) is 11.9. The number of nitrogens with zero attached hydrogens (tertiary/aromatic N) is 2. The highest BCUT2D eigenvalue weighted by atomic mass is 35.5. The largest absolute Gasteiger partial charge is 0.298 e. The molecule has 0 spiro atoms. The lowest BCUT2D eigenvalue weighted by molar-refractivity contribution is 0.102. The molecular formula is C10H7ClFN3OS. The van der Waals surface area contributed by atoms with Gasteiger partial charge in [0, 0.05) is 11.6 Å². The average Bonchev–Trinajstić information content (AvgIpc) is 2.77. The molecule has 1 N–H and O–H groups in total. The number of rotatable bonds is 3. The first-order chi connectivity index (χ1) is 8.19. The zero-order valence-electron chi connectivity index (χ0n) is 8.48. The molecule has 2 heterocycles. The monoisotopic (exact) mass is 271 g/mol. The lowest BCUT2D eigenvalue weighted by Crippen LogP contribution is -2.12. The van der Waals surface area contributed by atoms with Crippen LogP contribution >= 0.6 is 22.9 Å². The Labute approximate surface area is 105 Å². The van der Waals surface area contributed by atoms with Crippen LogP contribution in [-0.4, -0.2) is 15.9 Å². The van der Waals surface area contributed by atoms with Gasteiger partial charge in [0.2, 0.25) is 0 Å². The summed E-state index contributed by atoms with van der Waals surface area (Å²) in [5.74, 6) is -0.723. The maximum absolute atomic E-state index is 12.9. The number of halogens is 2. The maximum Gasteiger partial charge on any atom is 0.259 e. The van der Waals surface area contributed by atoms with Crippen molar-refractivity contribution in [2.24, 2.45) is 0 Å². The first-order valence-corrected chi connectivity index (χ1v) is 6.02. The van der Waals surface area contributed by atoms with E-state index in [0.29, 0.717) is 10.8 Å². The summed E-state index contributed by atoms with van der Waals surface area (Å²) < 4.78 is 12.9. The van der Waals surface area contributed by atoms with Crippen molar-refractivity contribution in [3.63, 3.8) is 0 Å². The zero-order chi connectivity index (χ0) is 12.3. The molecule has 0 bridgehead atoms. The van der Waals surface area contributed by atoms with E-state index in [1.54, 1.807) is 5.38 Å². The Morgan fingerprint density at radius 1 is 1.53 bits per heavy atom. The Balaban J connectivity index is 2.11. The van der Waals surface area contributed by atoms with Gasteiger partial charge in [-0.1, -0.05) is 0 Å². The van der Waals surface area contributed by atoms with Crippen LogP contribution in [0.5, 0.6) is 0 Å². The summed E-state index contributed by atoms with van der Waals surface area (Å²) in [5.41, 5.74) is 0.831. The summed E-state index contributed by atoms with van der Waals surface area (Å²) in [4.78, 5) is 19.3. The summed E-state index contributed by atoms with van der Waals surface area (Å²) in [6, 6.07) is 1.11. The SMILES string of the molecule is O=C(Nc1nc(CCl)cs1)c1cncc(F)c1. The van der Waals surface area contributed by atoms with Crippen LogP contribution in [0, 0.1) is 5.82 Å². The molecule has 1 amide bonds. The molecular weight excluding hydrogens is 265 g/mol. The number of pyridine rings is 1. The maximum atomic E-state index is 12.9. The number of alkyl halides is 1. The number of anilines is 1. The normalized spacial score (nSPS) is 10.2. The van der Waals surface area contributed by atoms with E-state index >= 15 is 0 Å². The minimum Gasteiger partial charge on any atom is -0.298 e. The topological polar surface area (TPSA) is 54.9 Å². The molecule has 7 heteroatoms. The van der Waals surface area contributed by atoms with E-state index in [4.69, 9.17) is 11.6 Å². The molecule has 4 nitrogen and oxygen atoms in total. The molecule has 88 valence electrons. The van der Waals surface area contributed by atoms with Crippen molar-refractivity contribution in [1.29, 1.82) is 0 Å². The molecule has 0 aliphatic heterocycles. The number of hydrogen-bond acceptors (Lipinski definition) is 4. The van der Waals surface area contributed by atoms with Crippen molar-refractivity contribution in [1.82, 2.24) is 9.97 Å². The molecule has 0 aliphatic rings. The highest BCUT2D eigenvalue weighted by molar-refractivity contribution is 7.14. The van der Waals surface area contributed by atoms with Crippen molar-refractivity contribution in [3.05, 3.63) is 40.9 Å². The average molecular weight is 272 g/mol. The fourth-order valence-electron chi connectivity index (χ4n) is 1.13. The Bertz CT molecular complexity index is 546. The molecule has 0 aromatic carbocycles. The Kier molecular flexibility index (Phi) is 3.65. The van der Waals surface area contributed by atoms with Gasteiger partial charge in [0.05, 0.1) is 23.3 Å². The van der Waals surface area contributed by atoms with E-state index < -0.39 is 11.7 Å². The minimum atomic E-state index is -0.557. The molecule has 17 heavy (non-hydrogen) atoms. The molecule has 0 saturated carbocycles. The summed E-state index contributed by atoms with van der Waals surface area (Å²) >= 11 is 6.85. The quantitative estimate of drug-likeness (QED) is 0.873. The lowest BCUT2D eigenvalue weighted by atomic mass is 10.3. The molecule has 0 saturated heterocycles. The number of nitrogens with one attached hydrogen (secondary N) is 1. The molecule has 0 atom stereocenters. The second-order valence-corrected chi connectivity index (χ2v) is 4.25. The first-order valence-electron chi connectivity index (χ1n) is 4.61. The van der Waals surface area contributed by atoms with E-state index in [2.05, 4.69) is 15.3 Å². The number of aromatic nitrogens is 2. The number of carbonyl (C=O) groups excluding carboxylic acids is 1. The van der Waals surface area contributed by atoms with Gasteiger partial charge in [-0.2, -0.15) is 0 Å². The van der Waals surface area contributed by atoms with Crippen LogP contribution in [0.4, 0.5) is 9.52 Å². The van der Waals surface area contributed by atoms with Crippen molar-refractivity contribution < 1.29 is 9.18 Å². The van der Waals surface area contributed by atoms with Crippen LogP contribution < -0.4 is 5.32 Å². The summed E-state index contributed by atoms with van der Waals surface area (Å²) in [7, 11) is 0. The standard InChI is InChI=1S/C10H7ClFN3OS/c11-2-8-5-17-10(14-8)15-9(16)6-1-7(12)4-13-3-6/h1,3-5H,2H2,(H,14,15,16). The van der Waals surface area contributed by atoms with Gasteiger partial charge in [0.1, 0.15) is 5.82 Å².